The Morgan fingerprint density at radius 1 is 1.17 bits per heavy atom. The first-order valence-electron chi connectivity index (χ1n) is 6.95. The maximum Gasteiger partial charge on any atom is 0.314 e. The maximum atomic E-state index is 12.3. The number of carbonyl (C=O) groups is 1. The summed E-state index contributed by atoms with van der Waals surface area (Å²) in [6, 6.07) is 9.39. The normalized spacial score (nSPS) is 23.9. The lowest BCUT2D eigenvalue weighted by molar-refractivity contribution is -0.142. The van der Waals surface area contributed by atoms with Gasteiger partial charge in [0, 0.05) is 0 Å². The van der Waals surface area contributed by atoms with Gasteiger partial charge >= 0.3 is 5.97 Å². The third kappa shape index (κ3) is 3.12. The molecule has 1 aromatic rings. The highest BCUT2D eigenvalue weighted by molar-refractivity contribution is 5.75. The zero-order valence-electron chi connectivity index (χ0n) is 11.3. The molecule has 0 radical (unpaired) electrons. The van der Waals surface area contributed by atoms with Crippen LogP contribution in [0.15, 0.2) is 30.3 Å². The van der Waals surface area contributed by atoms with Gasteiger partial charge in [0.2, 0.25) is 0 Å². The SMILES string of the molecule is CC(C)C1CCCCC1C(=O)Oc1ccccc1. The van der Waals surface area contributed by atoms with Gasteiger partial charge in [-0.3, -0.25) is 4.79 Å². The molecule has 0 heterocycles. The first kappa shape index (κ1) is 13.1. The van der Waals surface area contributed by atoms with E-state index in [-0.39, 0.29) is 11.9 Å². The molecule has 0 N–H and O–H groups in total. The molecule has 0 aromatic heterocycles. The lowest BCUT2D eigenvalue weighted by Crippen LogP contribution is -2.33. The summed E-state index contributed by atoms with van der Waals surface area (Å²) in [5, 5.41) is 0. The van der Waals surface area contributed by atoms with E-state index in [0.717, 1.165) is 19.3 Å². The Balaban J connectivity index is 2.02. The average molecular weight is 246 g/mol. The molecule has 0 saturated heterocycles. The van der Waals surface area contributed by atoms with E-state index in [1.807, 2.05) is 30.3 Å². The van der Waals surface area contributed by atoms with Gasteiger partial charge in [0.05, 0.1) is 5.92 Å². The van der Waals surface area contributed by atoms with Crippen molar-refractivity contribution in [1.29, 1.82) is 0 Å². The molecule has 2 atom stereocenters. The van der Waals surface area contributed by atoms with Gasteiger partial charge in [-0.25, -0.2) is 0 Å². The Morgan fingerprint density at radius 3 is 2.50 bits per heavy atom. The molecule has 2 heteroatoms. The van der Waals surface area contributed by atoms with E-state index in [9.17, 15) is 4.79 Å². The monoisotopic (exact) mass is 246 g/mol. The minimum absolute atomic E-state index is 0.0420. The molecule has 1 aliphatic carbocycles. The lowest BCUT2D eigenvalue weighted by Gasteiger charge is -2.32. The number of hydrogen-bond acceptors (Lipinski definition) is 2. The third-order valence-corrected chi connectivity index (χ3v) is 3.94. The van der Waals surface area contributed by atoms with Gasteiger partial charge in [0.15, 0.2) is 0 Å². The zero-order chi connectivity index (χ0) is 13.0. The van der Waals surface area contributed by atoms with Gasteiger partial charge in [-0.2, -0.15) is 0 Å². The predicted octanol–water partition coefficient (Wildman–Crippen LogP) is 4.05. The number of rotatable bonds is 3. The second-order valence-electron chi connectivity index (χ2n) is 5.53. The van der Waals surface area contributed by atoms with Crippen molar-refractivity contribution in [3.63, 3.8) is 0 Å². The highest BCUT2D eigenvalue weighted by Crippen LogP contribution is 2.36. The zero-order valence-corrected chi connectivity index (χ0v) is 11.3. The molecule has 0 amide bonds. The van der Waals surface area contributed by atoms with Gasteiger partial charge in [-0.05, 0) is 36.8 Å². The molecule has 0 spiro atoms. The minimum Gasteiger partial charge on any atom is -0.426 e. The van der Waals surface area contributed by atoms with E-state index < -0.39 is 0 Å². The van der Waals surface area contributed by atoms with Gasteiger partial charge in [-0.15, -0.1) is 0 Å². The Labute approximate surface area is 109 Å². The number of ether oxygens (including phenoxy) is 1. The molecule has 18 heavy (non-hydrogen) atoms. The van der Waals surface area contributed by atoms with Crippen molar-refractivity contribution in [3.8, 4) is 5.75 Å². The highest BCUT2D eigenvalue weighted by atomic mass is 16.5. The molecular formula is C16H22O2. The van der Waals surface area contributed by atoms with Crippen molar-refractivity contribution in [2.45, 2.75) is 39.5 Å². The number of benzene rings is 1. The summed E-state index contributed by atoms with van der Waals surface area (Å²) in [5.41, 5.74) is 0. The summed E-state index contributed by atoms with van der Waals surface area (Å²) in [5.74, 6) is 1.74. The third-order valence-electron chi connectivity index (χ3n) is 3.94. The Hall–Kier alpha value is -1.31. The molecule has 2 unspecified atom stereocenters. The van der Waals surface area contributed by atoms with Crippen LogP contribution in [0.5, 0.6) is 5.75 Å². The minimum atomic E-state index is -0.0420. The predicted molar refractivity (Wildman–Crippen MR) is 72.4 cm³/mol. The fourth-order valence-electron chi connectivity index (χ4n) is 2.93. The van der Waals surface area contributed by atoms with Crippen LogP contribution in [0.2, 0.25) is 0 Å². The van der Waals surface area contributed by atoms with Crippen LogP contribution in [0.1, 0.15) is 39.5 Å². The fraction of sp³-hybridized carbons (Fsp3) is 0.562. The van der Waals surface area contributed by atoms with Crippen molar-refractivity contribution in [2.75, 3.05) is 0 Å². The summed E-state index contributed by atoms with van der Waals surface area (Å²) in [6.07, 6.45) is 4.54. The summed E-state index contributed by atoms with van der Waals surface area (Å²) in [7, 11) is 0. The van der Waals surface area contributed by atoms with E-state index >= 15 is 0 Å². The molecular weight excluding hydrogens is 224 g/mol. The molecule has 1 aliphatic rings. The Bertz CT molecular complexity index is 383. The van der Waals surface area contributed by atoms with Crippen LogP contribution in [0.25, 0.3) is 0 Å². The highest BCUT2D eigenvalue weighted by Gasteiger charge is 2.34. The van der Waals surface area contributed by atoms with Crippen LogP contribution in [0.4, 0.5) is 0 Å². The quantitative estimate of drug-likeness (QED) is 0.594. The Morgan fingerprint density at radius 2 is 1.83 bits per heavy atom. The molecule has 98 valence electrons. The molecule has 0 aliphatic heterocycles. The van der Waals surface area contributed by atoms with Gasteiger partial charge in [0.25, 0.3) is 0 Å². The van der Waals surface area contributed by atoms with Crippen LogP contribution in [-0.2, 0) is 4.79 Å². The van der Waals surface area contributed by atoms with Crippen molar-refractivity contribution in [3.05, 3.63) is 30.3 Å². The Kier molecular flexibility index (Phi) is 4.40. The number of esters is 1. The largest absolute Gasteiger partial charge is 0.426 e. The van der Waals surface area contributed by atoms with E-state index in [4.69, 9.17) is 4.74 Å². The first-order valence-corrected chi connectivity index (χ1v) is 6.95. The second kappa shape index (κ2) is 6.03. The fourth-order valence-corrected chi connectivity index (χ4v) is 2.93. The summed E-state index contributed by atoms with van der Waals surface area (Å²) >= 11 is 0. The smallest absolute Gasteiger partial charge is 0.314 e. The first-order chi connectivity index (χ1) is 8.68. The van der Waals surface area contributed by atoms with Crippen LogP contribution < -0.4 is 4.74 Å². The summed E-state index contributed by atoms with van der Waals surface area (Å²) < 4.78 is 5.50. The van der Waals surface area contributed by atoms with Crippen LogP contribution in [-0.4, -0.2) is 5.97 Å². The van der Waals surface area contributed by atoms with E-state index in [0.29, 0.717) is 17.6 Å². The van der Waals surface area contributed by atoms with E-state index in [1.54, 1.807) is 0 Å². The standard InChI is InChI=1S/C16H22O2/c1-12(2)14-10-6-7-11-15(14)16(17)18-13-8-4-3-5-9-13/h3-5,8-9,12,14-15H,6-7,10-11H2,1-2H3. The molecule has 2 rings (SSSR count). The maximum absolute atomic E-state index is 12.3. The number of carbonyl (C=O) groups excluding carboxylic acids is 1. The van der Waals surface area contributed by atoms with E-state index in [2.05, 4.69) is 13.8 Å². The van der Waals surface area contributed by atoms with Crippen LogP contribution >= 0.6 is 0 Å². The van der Waals surface area contributed by atoms with Crippen molar-refractivity contribution >= 4 is 5.97 Å². The second-order valence-corrected chi connectivity index (χ2v) is 5.53. The van der Waals surface area contributed by atoms with Crippen molar-refractivity contribution in [1.82, 2.24) is 0 Å². The lowest BCUT2D eigenvalue weighted by atomic mass is 9.73. The van der Waals surface area contributed by atoms with Crippen molar-refractivity contribution in [2.24, 2.45) is 17.8 Å². The molecule has 1 aromatic carbocycles. The van der Waals surface area contributed by atoms with Crippen molar-refractivity contribution < 1.29 is 9.53 Å². The van der Waals surface area contributed by atoms with E-state index in [1.165, 1.54) is 6.42 Å². The van der Waals surface area contributed by atoms with Crippen LogP contribution in [0, 0.1) is 17.8 Å². The summed E-state index contributed by atoms with van der Waals surface area (Å²) in [4.78, 5) is 12.3. The molecule has 0 bridgehead atoms. The number of para-hydroxylation sites is 1. The molecule has 1 saturated carbocycles. The summed E-state index contributed by atoms with van der Waals surface area (Å²) in [6.45, 7) is 4.41. The topological polar surface area (TPSA) is 26.3 Å². The molecule has 2 nitrogen and oxygen atoms in total. The van der Waals surface area contributed by atoms with Gasteiger partial charge < -0.3 is 4.74 Å². The average Bonchev–Trinajstić information content (AvgIpc) is 2.40. The number of hydrogen-bond donors (Lipinski definition) is 0. The van der Waals surface area contributed by atoms with Crippen LogP contribution in [0.3, 0.4) is 0 Å². The van der Waals surface area contributed by atoms with Gasteiger partial charge in [-0.1, -0.05) is 44.9 Å². The molecule has 1 fully saturated rings. The van der Waals surface area contributed by atoms with Gasteiger partial charge in [0.1, 0.15) is 5.75 Å².